The third-order valence-electron chi connectivity index (χ3n) is 3.91. The van der Waals surface area contributed by atoms with E-state index in [1.54, 1.807) is 13.0 Å². The highest BCUT2D eigenvalue weighted by Crippen LogP contribution is 2.37. The minimum absolute atomic E-state index is 0.0880. The molecule has 0 radical (unpaired) electrons. The Morgan fingerprint density at radius 2 is 1.52 bits per heavy atom. The van der Waals surface area contributed by atoms with Crippen LogP contribution in [-0.2, 0) is 6.11 Å². The summed E-state index contributed by atoms with van der Waals surface area (Å²) >= 11 is 0. The molecule has 1 heterocycles. The van der Waals surface area contributed by atoms with Crippen LogP contribution < -0.4 is 4.74 Å². The third kappa shape index (κ3) is 4.01. The number of aryl methyl sites for hydroxylation is 1. The van der Waals surface area contributed by atoms with E-state index in [1.807, 2.05) is 0 Å². The summed E-state index contributed by atoms with van der Waals surface area (Å²) in [6, 6.07) is 6.21. The van der Waals surface area contributed by atoms with E-state index < -0.39 is 46.3 Å². The second-order valence-corrected chi connectivity index (χ2v) is 6.03. The number of ether oxygens (including phenoxy) is 1. The van der Waals surface area contributed by atoms with E-state index in [2.05, 4.69) is 9.72 Å². The molecule has 0 saturated heterocycles. The number of hydrogen-bond donors (Lipinski definition) is 0. The number of halogens is 6. The van der Waals surface area contributed by atoms with Gasteiger partial charge < -0.3 is 4.74 Å². The summed E-state index contributed by atoms with van der Waals surface area (Å²) in [5.74, 6) is -7.24. The predicted molar refractivity (Wildman–Crippen MR) is 89.9 cm³/mol. The van der Waals surface area contributed by atoms with Crippen LogP contribution in [0.2, 0.25) is 0 Å². The molecule has 2 aromatic carbocycles. The second-order valence-electron chi connectivity index (χ2n) is 6.03. The molecule has 0 spiro atoms. The number of rotatable bonds is 4. The normalized spacial score (nSPS) is 11.2. The van der Waals surface area contributed by atoms with Gasteiger partial charge in [-0.3, -0.25) is 4.98 Å². The quantitative estimate of drug-likeness (QED) is 0.527. The first kappa shape index (κ1) is 20.2. The Hall–Kier alpha value is -3.54. The van der Waals surface area contributed by atoms with Crippen molar-refractivity contribution in [3.8, 4) is 23.1 Å². The largest absolute Gasteiger partial charge is 0.432 e. The molecule has 148 valence electrons. The maximum Gasteiger partial charge on any atom is 0.432 e. The van der Waals surface area contributed by atoms with Gasteiger partial charge in [-0.1, -0.05) is 6.07 Å². The average molecular weight is 408 g/mol. The molecule has 0 aliphatic heterocycles. The fraction of sp³-hybridized carbons (Fsp3) is 0.100. The average Bonchev–Trinajstić information content (AvgIpc) is 2.60. The highest BCUT2D eigenvalue weighted by Gasteiger charge is 2.41. The highest BCUT2D eigenvalue weighted by atomic mass is 19.3. The van der Waals surface area contributed by atoms with Crippen LogP contribution in [-0.4, -0.2) is 4.98 Å². The fourth-order valence-corrected chi connectivity index (χ4v) is 2.55. The van der Waals surface area contributed by atoms with E-state index in [4.69, 9.17) is 5.26 Å². The van der Waals surface area contributed by atoms with E-state index in [0.29, 0.717) is 24.3 Å². The van der Waals surface area contributed by atoms with Crippen molar-refractivity contribution < 1.29 is 31.1 Å². The highest BCUT2D eigenvalue weighted by molar-refractivity contribution is 5.60. The predicted octanol–water partition coefficient (Wildman–Crippen LogP) is 5.61. The van der Waals surface area contributed by atoms with Crippen LogP contribution in [0.3, 0.4) is 0 Å². The lowest BCUT2D eigenvalue weighted by atomic mass is 10.1. The molecule has 0 unspecified atom stereocenters. The zero-order chi connectivity index (χ0) is 21.3. The van der Waals surface area contributed by atoms with Gasteiger partial charge in [-0.05, 0) is 30.7 Å². The number of pyridine rings is 1. The molecule has 0 aliphatic rings. The van der Waals surface area contributed by atoms with Crippen molar-refractivity contribution in [2.75, 3.05) is 0 Å². The third-order valence-corrected chi connectivity index (χ3v) is 3.91. The van der Waals surface area contributed by atoms with Crippen LogP contribution in [0, 0.1) is 41.5 Å². The van der Waals surface area contributed by atoms with Crippen molar-refractivity contribution in [2.24, 2.45) is 0 Å². The van der Waals surface area contributed by atoms with Crippen LogP contribution in [0.5, 0.6) is 5.75 Å². The summed E-state index contributed by atoms with van der Waals surface area (Å²) < 4.78 is 88.7. The van der Waals surface area contributed by atoms with Gasteiger partial charge in [0, 0.05) is 23.9 Å². The Kier molecular flexibility index (Phi) is 5.20. The van der Waals surface area contributed by atoms with E-state index in [-0.39, 0.29) is 11.3 Å². The smallest absolute Gasteiger partial charge is 0.429 e. The Balaban J connectivity index is 1.99. The summed E-state index contributed by atoms with van der Waals surface area (Å²) in [6.45, 7) is 1.74. The first-order chi connectivity index (χ1) is 13.6. The van der Waals surface area contributed by atoms with Gasteiger partial charge in [0.25, 0.3) is 0 Å². The minimum atomic E-state index is -4.60. The first-order valence-electron chi connectivity index (χ1n) is 8.01. The zero-order valence-electron chi connectivity index (χ0n) is 14.6. The Bertz CT molecular complexity index is 1080. The Labute approximate surface area is 160 Å². The number of alkyl halides is 2. The monoisotopic (exact) mass is 408 g/mol. The molecule has 0 atom stereocenters. The molecule has 9 heteroatoms. The van der Waals surface area contributed by atoms with Crippen LogP contribution >= 0.6 is 0 Å². The van der Waals surface area contributed by atoms with Crippen molar-refractivity contribution in [1.29, 1.82) is 5.26 Å². The fourth-order valence-electron chi connectivity index (χ4n) is 2.55. The maximum absolute atomic E-state index is 14.4. The molecule has 0 fully saturated rings. The van der Waals surface area contributed by atoms with Gasteiger partial charge >= 0.3 is 6.11 Å². The zero-order valence-corrected chi connectivity index (χ0v) is 14.6. The summed E-state index contributed by atoms with van der Waals surface area (Å²) in [5, 5.41) is 8.59. The van der Waals surface area contributed by atoms with Crippen molar-refractivity contribution in [3.05, 3.63) is 82.6 Å². The molecule has 0 saturated carbocycles. The number of benzene rings is 2. The lowest BCUT2D eigenvalue weighted by Crippen LogP contribution is -2.25. The number of nitriles is 1. The minimum Gasteiger partial charge on any atom is -0.429 e. The molecule has 0 N–H and O–H groups in total. The molecule has 0 bridgehead atoms. The van der Waals surface area contributed by atoms with Gasteiger partial charge in [0.1, 0.15) is 46.2 Å². The van der Waals surface area contributed by atoms with Gasteiger partial charge in [-0.2, -0.15) is 14.0 Å². The van der Waals surface area contributed by atoms with E-state index in [9.17, 15) is 26.3 Å². The second kappa shape index (κ2) is 7.47. The molecule has 29 heavy (non-hydrogen) atoms. The van der Waals surface area contributed by atoms with Crippen molar-refractivity contribution in [2.45, 2.75) is 13.0 Å². The summed E-state index contributed by atoms with van der Waals surface area (Å²) in [4.78, 5) is 3.96. The van der Waals surface area contributed by atoms with E-state index in [1.165, 1.54) is 18.3 Å². The van der Waals surface area contributed by atoms with Gasteiger partial charge in [0.05, 0.1) is 5.69 Å². The molecular formula is C20H10F6N2O. The van der Waals surface area contributed by atoms with Crippen LogP contribution in [0.4, 0.5) is 26.3 Å². The number of hydrogen-bond acceptors (Lipinski definition) is 3. The van der Waals surface area contributed by atoms with Crippen LogP contribution in [0.15, 0.2) is 42.6 Å². The van der Waals surface area contributed by atoms with Crippen molar-refractivity contribution in [3.63, 3.8) is 0 Å². The van der Waals surface area contributed by atoms with Gasteiger partial charge in [-0.15, -0.1) is 0 Å². The summed E-state index contributed by atoms with van der Waals surface area (Å²) in [5.41, 5.74) is -1.89. The molecule has 0 amide bonds. The van der Waals surface area contributed by atoms with Gasteiger partial charge in [0.15, 0.2) is 0 Å². The van der Waals surface area contributed by atoms with Crippen LogP contribution in [0.1, 0.15) is 16.7 Å². The van der Waals surface area contributed by atoms with Crippen molar-refractivity contribution >= 4 is 0 Å². The number of aromatic nitrogens is 1. The Morgan fingerprint density at radius 1 is 0.931 bits per heavy atom. The molecule has 3 rings (SSSR count). The lowest BCUT2D eigenvalue weighted by Gasteiger charge is -2.20. The SMILES string of the molecule is Cc1ccc(-c2cc(F)c(C(F)(F)Oc3cc(F)c(C#N)c(F)c3)c(F)c2)nc1. The topological polar surface area (TPSA) is 45.9 Å². The maximum atomic E-state index is 14.4. The van der Waals surface area contributed by atoms with Gasteiger partial charge in [-0.25, -0.2) is 17.6 Å². The molecule has 3 nitrogen and oxygen atoms in total. The van der Waals surface area contributed by atoms with E-state index >= 15 is 0 Å². The van der Waals surface area contributed by atoms with Crippen LogP contribution in [0.25, 0.3) is 11.3 Å². The molecule has 3 aromatic rings. The van der Waals surface area contributed by atoms with Gasteiger partial charge in [0.2, 0.25) is 0 Å². The molecule has 1 aromatic heterocycles. The summed E-state index contributed by atoms with van der Waals surface area (Å²) in [7, 11) is 0. The summed E-state index contributed by atoms with van der Waals surface area (Å²) in [6.07, 6.45) is -3.16. The van der Waals surface area contributed by atoms with Crippen molar-refractivity contribution in [1.82, 2.24) is 4.98 Å². The Morgan fingerprint density at radius 3 is 2.00 bits per heavy atom. The molecule has 0 aliphatic carbocycles. The molecular weight excluding hydrogens is 398 g/mol. The lowest BCUT2D eigenvalue weighted by molar-refractivity contribution is -0.189. The van der Waals surface area contributed by atoms with E-state index in [0.717, 1.165) is 5.56 Å². The first-order valence-corrected chi connectivity index (χ1v) is 8.01. The standard InChI is InChI=1S/C20H10F6N2O/c1-10-2-3-18(28-9-10)11-4-16(23)19(17(24)5-11)20(25,26)29-12-6-14(21)13(8-27)15(22)7-12/h2-7,9H,1H3. The number of nitrogens with zero attached hydrogens (tertiary/aromatic N) is 2.